The maximum atomic E-state index is 13.7. The van der Waals surface area contributed by atoms with Crippen LogP contribution in [-0.4, -0.2) is 17.6 Å². The molecule has 0 spiro atoms. The van der Waals surface area contributed by atoms with E-state index in [4.69, 9.17) is 9.15 Å². The number of furan rings is 1. The highest BCUT2D eigenvalue weighted by Gasteiger charge is 2.71. The number of hydrogen-bond acceptors (Lipinski definition) is 3. The van der Waals surface area contributed by atoms with E-state index < -0.39 is 23.9 Å². The Morgan fingerprint density at radius 3 is 2.62 bits per heavy atom. The van der Waals surface area contributed by atoms with Gasteiger partial charge < -0.3 is 14.3 Å². The molecule has 0 aliphatic heterocycles. The monoisotopic (exact) mass is 294 g/mol. The molecule has 1 heterocycles. The number of alkyl halides is 2. The molecule has 5 heteroatoms. The van der Waals surface area contributed by atoms with Crippen LogP contribution in [0.1, 0.15) is 17.4 Å². The molecular weight excluding hydrogens is 278 g/mol. The highest BCUT2D eigenvalue weighted by Crippen LogP contribution is 2.60. The number of benzene rings is 1. The Morgan fingerprint density at radius 1 is 1.19 bits per heavy atom. The summed E-state index contributed by atoms with van der Waals surface area (Å²) in [6, 6.07) is 12.4. The van der Waals surface area contributed by atoms with Crippen LogP contribution in [0.15, 0.2) is 53.1 Å². The smallest absolute Gasteiger partial charge is 0.259 e. The first kappa shape index (κ1) is 14.2. The van der Waals surface area contributed by atoms with Crippen LogP contribution in [0.2, 0.25) is 0 Å². The Balaban J connectivity index is 1.54. The fraction of sp³-hybridized carbons (Fsp3) is 0.375. The molecule has 0 radical (unpaired) electrons. The minimum atomic E-state index is -2.91. The van der Waals surface area contributed by atoms with Crippen molar-refractivity contribution in [1.82, 2.24) is 0 Å². The summed E-state index contributed by atoms with van der Waals surface area (Å²) in [7, 11) is 0. The van der Waals surface area contributed by atoms with Crippen LogP contribution in [0, 0.1) is 11.8 Å². The first-order valence-corrected chi connectivity index (χ1v) is 6.81. The van der Waals surface area contributed by atoms with Gasteiger partial charge >= 0.3 is 0 Å². The maximum Gasteiger partial charge on any atom is 0.259 e. The second kappa shape index (κ2) is 5.58. The van der Waals surface area contributed by atoms with Crippen molar-refractivity contribution in [2.75, 3.05) is 6.61 Å². The van der Waals surface area contributed by atoms with Crippen molar-refractivity contribution in [3.63, 3.8) is 0 Å². The fourth-order valence-corrected chi connectivity index (χ4v) is 2.58. The highest BCUT2D eigenvalue weighted by atomic mass is 19.3. The molecule has 1 unspecified atom stereocenters. The average molecular weight is 294 g/mol. The molecule has 0 saturated heterocycles. The van der Waals surface area contributed by atoms with Crippen molar-refractivity contribution in [2.24, 2.45) is 11.8 Å². The van der Waals surface area contributed by atoms with E-state index >= 15 is 0 Å². The maximum absolute atomic E-state index is 13.7. The molecule has 1 aliphatic carbocycles. The van der Waals surface area contributed by atoms with E-state index in [9.17, 15) is 13.9 Å². The number of aliphatic hydroxyl groups is 1. The Bertz CT molecular complexity index is 568. The van der Waals surface area contributed by atoms with E-state index in [1.165, 1.54) is 12.3 Å². The summed E-state index contributed by atoms with van der Waals surface area (Å²) in [6.07, 6.45) is 0.0697. The lowest BCUT2D eigenvalue weighted by Gasteiger charge is -2.06. The molecule has 2 aromatic rings. The molecule has 0 amide bonds. The van der Waals surface area contributed by atoms with Gasteiger partial charge in [-0.05, 0) is 17.7 Å². The SMILES string of the molecule is OC(c1ccco1)[C@H]1[C@@H](COCc2ccccc2)C1(F)F. The summed E-state index contributed by atoms with van der Waals surface area (Å²) in [4.78, 5) is 0. The largest absolute Gasteiger partial charge is 0.467 e. The quantitative estimate of drug-likeness (QED) is 0.887. The predicted molar refractivity (Wildman–Crippen MR) is 71.7 cm³/mol. The predicted octanol–water partition coefficient (Wildman–Crippen LogP) is 3.41. The second-order valence-electron chi connectivity index (χ2n) is 5.27. The summed E-state index contributed by atoms with van der Waals surface area (Å²) >= 11 is 0. The minimum Gasteiger partial charge on any atom is -0.467 e. The first-order chi connectivity index (χ1) is 10.1. The number of aliphatic hydroxyl groups excluding tert-OH is 1. The normalized spacial score (nSPS) is 24.7. The molecule has 3 rings (SSSR count). The van der Waals surface area contributed by atoms with Gasteiger partial charge in [0.25, 0.3) is 5.92 Å². The van der Waals surface area contributed by atoms with Gasteiger partial charge in [-0.1, -0.05) is 30.3 Å². The number of ether oxygens (including phenoxy) is 1. The van der Waals surface area contributed by atoms with Crippen LogP contribution in [-0.2, 0) is 11.3 Å². The van der Waals surface area contributed by atoms with E-state index in [0.29, 0.717) is 0 Å². The molecule has 1 aromatic heterocycles. The molecule has 1 N–H and O–H groups in total. The minimum absolute atomic E-state index is 0.0790. The Kier molecular flexibility index (Phi) is 3.78. The van der Waals surface area contributed by atoms with E-state index in [1.54, 1.807) is 6.07 Å². The Morgan fingerprint density at radius 2 is 1.95 bits per heavy atom. The van der Waals surface area contributed by atoms with Gasteiger partial charge in [-0.15, -0.1) is 0 Å². The van der Waals surface area contributed by atoms with Crippen molar-refractivity contribution in [3.05, 3.63) is 60.1 Å². The summed E-state index contributed by atoms with van der Waals surface area (Å²) in [6.45, 7) is 0.210. The van der Waals surface area contributed by atoms with Gasteiger partial charge in [-0.2, -0.15) is 0 Å². The molecule has 1 saturated carbocycles. The standard InChI is InChI=1S/C16H16F2O3/c17-16(18)12(10-20-9-11-5-2-1-3-6-11)14(16)15(19)13-7-4-8-21-13/h1-8,12,14-15,19H,9-10H2/t12-,14-,15?/m1/s1. The Hall–Kier alpha value is -1.72. The van der Waals surface area contributed by atoms with Crippen LogP contribution in [0.4, 0.5) is 8.78 Å². The first-order valence-electron chi connectivity index (χ1n) is 6.81. The average Bonchev–Trinajstić information content (AvgIpc) is 2.86. The summed E-state index contributed by atoms with van der Waals surface area (Å²) in [5.74, 6) is -4.85. The van der Waals surface area contributed by atoms with Gasteiger partial charge in [0.1, 0.15) is 11.9 Å². The van der Waals surface area contributed by atoms with Gasteiger partial charge in [0.05, 0.1) is 31.3 Å². The van der Waals surface area contributed by atoms with Crippen LogP contribution < -0.4 is 0 Å². The number of hydrogen-bond donors (Lipinski definition) is 1. The molecule has 1 fully saturated rings. The van der Waals surface area contributed by atoms with E-state index in [2.05, 4.69) is 0 Å². The number of halogens is 2. The zero-order valence-corrected chi connectivity index (χ0v) is 11.3. The van der Waals surface area contributed by atoms with Crippen molar-refractivity contribution < 1.29 is 23.0 Å². The third kappa shape index (κ3) is 2.84. The topological polar surface area (TPSA) is 42.6 Å². The molecule has 3 nitrogen and oxygen atoms in total. The van der Waals surface area contributed by atoms with Gasteiger partial charge in [0, 0.05) is 0 Å². The molecule has 3 atom stereocenters. The van der Waals surface area contributed by atoms with Crippen molar-refractivity contribution in [2.45, 2.75) is 18.6 Å². The van der Waals surface area contributed by atoms with E-state index in [1.807, 2.05) is 30.3 Å². The zero-order chi connectivity index (χ0) is 14.9. The third-order valence-corrected chi connectivity index (χ3v) is 3.85. The molecule has 1 aliphatic rings. The Labute approximate surface area is 121 Å². The summed E-state index contributed by atoms with van der Waals surface area (Å²) in [5.41, 5.74) is 0.935. The molecule has 112 valence electrons. The van der Waals surface area contributed by atoms with Gasteiger partial charge in [0.15, 0.2) is 0 Å². The molecular formula is C16H16F2O3. The van der Waals surface area contributed by atoms with E-state index in [0.717, 1.165) is 5.56 Å². The summed E-state index contributed by atoms with van der Waals surface area (Å²) in [5, 5.41) is 9.94. The molecule has 1 aromatic carbocycles. The zero-order valence-electron chi connectivity index (χ0n) is 11.3. The lowest BCUT2D eigenvalue weighted by atomic mass is 10.1. The fourth-order valence-electron chi connectivity index (χ4n) is 2.58. The number of rotatable bonds is 6. The van der Waals surface area contributed by atoms with Crippen LogP contribution in [0.5, 0.6) is 0 Å². The van der Waals surface area contributed by atoms with Crippen molar-refractivity contribution >= 4 is 0 Å². The summed E-state index contributed by atoms with van der Waals surface area (Å²) < 4.78 is 37.8. The van der Waals surface area contributed by atoms with Gasteiger partial charge in [-0.3, -0.25) is 0 Å². The van der Waals surface area contributed by atoms with Crippen molar-refractivity contribution in [3.8, 4) is 0 Å². The van der Waals surface area contributed by atoms with Crippen LogP contribution in [0.3, 0.4) is 0 Å². The van der Waals surface area contributed by atoms with Gasteiger partial charge in [0.2, 0.25) is 0 Å². The second-order valence-corrected chi connectivity index (χ2v) is 5.27. The van der Waals surface area contributed by atoms with Gasteiger partial charge in [-0.25, -0.2) is 8.78 Å². The van der Waals surface area contributed by atoms with Crippen LogP contribution >= 0.6 is 0 Å². The third-order valence-electron chi connectivity index (χ3n) is 3.85. The lowest BCUT2D eigenvalue weighted by molar-refractivity contribution is 0.0292. The van der Waals surface area contributed by atoms with Crippen molar-refractivity contribution in [1.29, 1.82) is 0 Å². The molecule has 0 bridgehead atoms. The molecule has 21 heavy (non-hydrogen) atoms. The highest BCUT2D eigenvalue weighted by molar-refractivity contribution is 5.16. The van der Waals surface area contributed by atoms with Crippen LogP contribution in [0.25, 0.3) is 0 Å². The lowest BCUT2D eigenvalue weighted by Crippen LogP contribution is -2.05. The van der Waals surface area contributed by atoms with E-state index in [-0.39, 0.29) is 19.0 Å².